The van der Waals surface area contributed by atoms with E-state index >= 15 is 0 Å². The van der Waals surface area contributed by atoms with Gasteiger partial charge in [0, 0.05) is 19.6 Å². The van der Waals surface area contributed by atoms with E-state index in [1.54, 1.807) is 0 Å². The van der Waals surface area contributed by atoms with Crippen molar-refractivity contribution in [1.29, 1.82) is 0 Å². The van der Waals surface area contributed by atoms with Crippen molar-refractivity contribution in [3.8, 4) is 0 Å². The van der Waals surface area contributed by atoms with E-state index in [2.05, 4.69) is 79.3 Å². The molecule has 0 saturated carbocycles. The van der Waals surface area contributed by atoms with E-state index in [0.717, 1.165) is 90.9 Å². The molecule has 1 saturated heterocycles. The van der Waals surface area contributed by atoms with Gasteiger partial charge in [-0.15, -0.1) is 0 Å². The Kier molecular flexibility index (Phi) is 37.8. The highest BCUT2D eigenvalue weighted by atomic mass is 16.7. The second kappa shape index (κ2) is 40.8. The Labute approximate surface area is 335 Å². The summed E-state index contributed by atoms with van der Waals surface area (Å²) in [5.41, 5.74) is 0. The fourth-order valence-electron chi connectivity index (χ4n) is 6.94. The minimum Gasteiger partial charge on any atom is -0.433 e. The first kappa shape index (κ1) is 50.1. The fourth-order valence-corrected chi connectivity index (χ4v) is 6.94. The van der Waals surface area contributed by atoms with Gasteiger partial charge in [-0.3, -0.25) is 4.90 Å². The summed E-state index contributed by atoms with van der Waals surface area (Å²) >= 11 is 0. The smallest absolute Gasteiger partial charge is 0.433 e. The zero-order valence-corrected chi connectivity index (χ0v) is 36.0. The van der Waals surface area contributed by atoms with Crippen LogP contribution in [0, 0.1) is 0 Å². The highest BCUT2D eigenvalue weighted by Gasteiger charge is 2.16. The zero-order valence-electron chi connectivity index (χ0n) is 36.0. The Balaban J connectivity index is 2.24. The molecule has 0 N–H and O–H groups in total. The van der Waals surface area contributed by atoms with E-state index in [1.807, 2.05) is 0 Å². The summed E-state index contributed by atoms with van der Waals surface area (Å²) in [6.45, 7) is 11.5. The molecule has 0 radical (unpaired) electrons. The highest BCUT2D eigenvalue weighted by molar-refractivity contribution is 5.60. The molecule has 1 rings (SSSR count). The van der Waals surface area contributed by atoms with Gasteiger partial charge in [-0.2, -0.15) is 0 Å². The average Bonchev–Trinajstić information content (AvgIpc) is 3.17. The van der Waals surface area contributed by atoms with Crippen LogP contribution in [0.5, 0.6) is 0 Å². The van der Waals surface area contributed by atoms with Crippen molar-refractivity contribution < 1.29 is 19.0 Å². The number of rotatable bonds is 38. The van der Waals surface area contributed by atoms with E-state index in [4.69, 9.17) is 14.2 Å². The third kappa shape index (κ3) is 35.8. The van der Waals surface area contributed by atoms with Crippen LogP contribution < -0.4 is 0 Å². The fraction of sp³-hybridized carbons (Fsp3) is 0.812. The lowest BCUT2D eigenvalue weighted by Gasteiger charge is -2.27. The monoisotopic (exact) mass is 757 g/mol. The van der Waals surface area contributed by atoms with Crippen LogP contribution in [-0.2, 0) is 14.2 Å². The number of ether oxygens (including phenoxy) is 3. The first-order valence-corrected chi connectivity index (χ1v) is 23.1. The van der Waals surface area contributed by atoms with E-state index in [9.17, 15) is 4.79 Å². The third-order valence-electron chi connectivity index (χ3n) is 10.5. The Morgan fingerprint density at radius 2 is 1.04 bits per heavy atom. The molecular formula is C48H88N2O4. The van der Waals surface area contributed by atoms with Crippen LogP contribution in [0.1, 0.15) is 187 Å². The predicted octanol–water partition coefficient (Wildman–Crippen LogP) is 13.6. The molecule has 0 unspecified atom stereocenters. The van der Waals surface area contributed by atoms with Gasteiger partial charge in [0.05, 0.1) is 13.2 Å². The lowest BCUT2D eigenvalue weighted by Crippen LogP contribution is -2.38. The van der Waals surface area contributed by atoms with Crippen molar-refractivity contribution in [3.63, 3.8) is 0 Å². The van der Waals surface area contributed by atoms with Crippen LogP contribution in [0.2, 0.25) is 0 Å². The lowest BCUT2D eigenvalue weighted by molar-refractivity contribution is 0.0126. The van der Waals surface area contributed by atoms with Crippen LogP contribution in [0.25, 0.3) is 0 Å². The molecule has 1 aliphatic heterocycles. The molecule has 1 aliphatic rings. The van der Waals surface area contributed by atoms with Crippen molar-refractivity contribution in [2.24, 2.45) is 0 Å². The van der Waals surface area contributed by atoms with Crippen LogP contribution in [0.4, 0.5) is 4.79 Å². The number of nitrogens with zero attached hydrogens (tertiary/aromatic N) is 2. The maximum Gasteiger partial charge on any atom is 0.508 e. The minimum atomic E-state index is -0.484. The molecule has 0 aromatic carbocycles. The van der Waals surface area contributed by atoms with Gasteiger partial charge >= 0.3 is 6.16 Å². The molecule has 0 amide bonds. The lowest BCUT2D eigenvalue weighted by atomic mass is 10.0. The van der Waals surface area contributed by atoms with Gasteiger partial charge in [0.15, 0.2) is 0 Å². The highest BCUT2D eigenvalue weighted by Crippen LogP contribution is 2.18. The number of morpholine rings is 1. The summed E-state index contributed by atoms with van der Waals surface area (Å²) in [7, 11) is 2.11. The average molecular weight is 757 g/mol. The molecular weight excluding hydrogens is 669 g/mol. The van der Waals surface area contributed by atoms with Crippen molar-refractivity contribution >= 4 is 6.16 Å². The van der Waals surface area contributed by atoms with Crippen molar-refractivity contribution in [2.45, 2.75) is 193 Å². The van der Waals surface area contributed by atoms with Crippen LogP contribution in [0.3, 0.4) is 0 Å². The van der Waals surface area contributed by atoms with Gasteiger partial charge < -0.3 is 19.1 Å². The summed E-state index contributed by atoms with van der Waals surface area (Å²) in [5, 5.41) is 0. The number of allylic oxidation sites excluding steroid dienone is 8. The Hall–Kier alpha value is -1.89. The number of carbonyl (C=O) groups excluding carboxylic acids is 1. The molecule has 6 nitrogen and oxygen atoms in total. The topological polar surface area (TPSA) is 51.2 Å². The second-order valence-corrected chi connectivity index (χ2v) is 15.7. The molecule has 314 valence electrons. The Morgan fingerprint density at radius 1 is 0.593 bits per heavy atom. The molecule has 6 heteroatoms. The van der Waals surface area contributed by atoms with Crippen molar-refractivity contribution in [3.05, 3.63) is 48.6 Å². The standard InChI is InChI=1S/C48H88N2O4/c1-4-6-8-10-12-14-16-18-20-22-24-26-28-30-32-34-37-47(38-35-33-31-29-27-25-23-21-19-17-15-13-11-9-7-5-2)54-48(51)53-46-41-49(3)39-36-40-50-42-44-52-45-43-50/h12-15,18-21,47H,4-11,16-17,22-46H2,1-3H3/b14-12-,15-13-,20-18-,21-19-. The number of hydrogen-bond donors (Lipinski definition) is 0. The first-order chi connectivity index (χ1) is 26.7. The van der Waals surface area contributed by atoms with Gasteiger partial charge in [0.2, 0.25) is 0 Å². The SMILES string of the molecule is CCCCC/C=C\C/C=C\CCCCCCCCC(CCCCCCCC/C=C\C/C=C\CCCCC)OC(=O)OCCN(C)CCCN1CCOCC1. The minimum absolute atomic E-state index is 0.0274. The van der Waals surface area contributed by atoms with E-state index in [0.29, 0.717) is 6.61 Å². The summed E-state index contributed by atoms with van der Waals surface area (Å²) < 4.78 is 16.9. The number of likely N-dealkylation sites (N-methyl/N-ethyl adjacent to an activating group) is 1. The van der Waals surface area contributed by atoms with Gasteiger partial charge in [0.25, 0.3) is 0 Å². The van der Waals surface area contributed by atoms with E-state index in [-0.39, 0.29) is 6.10 Å². The first-order valence-electron chi connectivity index (χ1n) is 23.1. The molecule has 1 fully saturated rings. The molecule has 0 aromatic heterocycles. The van der Waals surface area contributed by atoms with Gasteiger partial charge in [-0.25, -0.2) is 4.79 Å². The van der Waals surface area contributed by atoms with Gasteiger partial charge in [-0.05, 0) is 116 Å². The number of unbranched alkanes of at least 4 members (excludes halogenated alkanes) is 18. The van der Waals surface area contributed by atoms with Crippen molar-refractivity contribution in [2.75, 3.05) is 59.6 Å². The van der Waals surface area contributed by atoms with Gasteiger partial charge in [-0.1, -0.05) is 140 Å². The Bertz CT molecular complexity index is 862. The van der Waals surface area contributed by atoms with Crippen LogP contribution in [0.15, 0.2) is 48.6 Å². The predicted molar refractivity (Wildman–Crippen MR) is 234 cm³/mol. The van der Waals surface area contributed by atoms with E-state index in [1.165, 1.54) is 128 Å². The Morgan fingerprint density at radius 3 is 1.52 bits per heavy atom. The molecule has 0 spiro atoms. The maximum absolute atomic E-state index is 12.7. The molecule has 1 heterocycles. The van der Waals surface area contributed by atoms with Crippen molar-refractivity contribution in [1.82, 2.24) is 9.80 Å². The third-order valence-corrected chi connectivity index (χ3v) is 10.5. The quantitative estimate of drug-likeness (QED) is 0.0355. The summed E-state index contributed by atoms with van der Waals surface area (Å²) in [5.74, 6) is 0. The summed E-state index contributed by atoms with van der Waals surface area (Å²) in [6, 6.07) is 0. The van der Waals surface area contributed by atoms with Crippen LogP contribution in [-0.4, -0.2) is 81.7 Å². The molecule has 0 aliphatic carbocycles. The maximum atomic E-state index is 12.7. The second-order valence-electron chi connectivity index (χ2n) is 15.7. The van der Waals surface area contributed by atoms with Crippen LogP contribution >= 0.6 is 0 Å². The number of hydrogen-bond acceptors (Lipinski definition) is 6. The molecule has 0 aromatic rings. The molecule has 0 bridgehead atoms. The summed E-state index contributed by atoms with van der Waals surface area (Å²) in [4.78, 5) is 17.4. The largest absolute Gasteiger partial charge is 0.508 e. The molecule has 0 atom stereocenters. The summed E-state index contributed by atoms with van der Waals surface area (Å²) in [6.07, 6.45) is 51.1. The molecule has 54 heavy (non-hydrogen) atoms. The zero-order chi connectivity index (χ0) is 38.8. The number of carbonyl (C=O) groups is 1. The normalized spacial score (nSPS) is 14.3. The van der Waals surface area contributed by atoms with E-state index < -0.39 is 6.16 Å². The van der Waals surface area contributed by atoms with Gasteiger partial charge in [0.1, 0.15) is 12.7 Å².